The molecule has 62 heavy (non-hydrogen) atoms. The fourth-order valence-corrected chi connectivity index (χ4v) is 9.86. The van der Waals surface area contributed by atoms with E-state index in [0.29, 0.717) is 49.7 Å². The highest BCUT2D eigenvalue weighted by molar-refractivity contribution is 6.39. The predicted octanol–water partition coefficient (Wildman–Crippen LogP) is 5.12. The highest BCUT2D eigenvalue weighted by Gasteiger charge is 2.57. The number of fused-ring (bicyclic) bond motifs is 3. The van der Waals surface area contributed by atoms with Crippen LogP contribution < -0.4 is 5.32 Å². The smallest absolute Gasteiger partial charge is 0.329 e. The first-order chi connectivity index (χ1) is 29.3. The number of carbonyl (C=O) groups excluding carboxylic acids is 5. The summed E-state index contributed by atoms with van der Waals surface area (Å²) in [5.41, 5.74) is 0.929. The number of cyclic esters (lactones) is 1. The topological polar surface area (TPSA) is 187 Å². The van der Waals surface area contributed by atoms with Crippen molar-refractivity contribution in [1.29, 1.82) is 0 Å². The van der Waals surface area contributed by atoms with Crippen molar-refractivity contribution in [2.45, 2.75) is 173 Å². The van der Waals surface area contributed by atoms with Crippen LogP contribution in [0.3, 0.4) is 0 Å². The molecule has 1 saturated carbocycles. The molecular weight excluding hydrogens is 804 g/mol. The Kier molecular flexibility index (Phi) is 19.1. The molecule has 3 heterocycles. The van der Waals surface area contributed by atoms with Crippen molar-refractivity contribution in [2.24, 2.45) is 29.6 Å². The minimum Gasteiger partial charge on any atom is -0.456 e. The summed E-state index contributed by atoms with van der Waals surface area (Å²) < 4.78 is 46.4. The number of nitrogens with one attached hydrogen (secondary N) is 1. The summed E-state index contributed by atoms with van der Waals surface area (Å²) in [6.45, 7) is 15.7. The van der Waals surface area contributed by atoms with Gasteiger partial charge in [-0.05, 0) is 94.6 Å². The molecule has 4 aliphatic rings. The van der Waals surface area contributed by atoms with Crippen LogP contribution in [-0.2, 0) is 47.7 Å². The van der Waals surface area contributed by atoms with Crippen molar-refractivity contribution < 1.29 is 62.3 Å². The standard InChI is InChI=1S/C47H73FN2O12/c1-11-19-60-38-24-32(16-17-34(38)49-31(8)51)20-28(5)42-30(7)36(52)25-37(53)33(12-2)21-26(3)41(48)27(4)22-39(58-9)43-40(59-10)23-29(6)47(57,62-43)44(54)45(55)50-18-14-13-15-35(50)46(56)61-42/h11,20-21,27,29-30,32-36,38-43,52,57H,1,12-19,22-25H2,2-10H3,(H,49,51). The van der Waals surface area contributed by atoms with Gasteiger partial charge in [-0.1, -0.05) is 45.9 Å². The van der Waals surface area contributed by atoms with Gasteiger partial charge in [0.15, 0.2) is 0 Å². The number of aliphatic hydroxyl groups is 2. The molecule has 2 amide bonds. The average molecular weight is 877 g/mol. The summed E-state index contributed by atoms with van der Waals surface area (Å²) in [7, 11) is 2.87. The van der Waals surface area contributed by atoms with Crippen LogP contribution in [0.1, 0.15) is 113 Å². The number of esters is 1. The van der Waals surface area contributed by atoms with Gasteiger partial charge in [-0.25, -0.2) is 9.18 Å². The fourth-order valence-electron chi connectivity index (χ4n) is 9.86. The van der Waals surface area contributed by atoms with Crippen molar-refractivity contribution in [3.63, 3.8) is 0 Å². The molecule has 2 saturated heterocycles. The van der Waals surface area contributed by atoms with E-state index in [4.69, 9.17) is 23.7 Å². The number of alkyl halides is 1. The quantitative estimate of drug-likeness (QED) is 0.158. The molecule has 2 bridgehead atoms. The van der Waals surface area contributed by atoms with Crippen molar-refractivity contribution in [1.82, 2.24) is 10.2 Å². The molecule has 3 N–H and O–H groups in total. The Morgan fingerprint density at radius 1 is 1.03 bits per heavy atom. The summed E-state index contributed by atoms with van der Waals surface area (Å²) in [4.78, 5) is 70.0. The lowest BCUT2D eigenvalue weighted by atomic mass is 9.80. The Hall–Kier alpha value is -3.34. The molecule has 1 aliphatic carbocycles. The monoisotopic (exact) mass is 877 g/mol. The number of Topliss-reactive ketones (excluding diaryl/α,β-unsaturated/α-hetero) is 2. The molecular formula is C47H73FN2O12. The van der Waals surface area contributed by atoms with Crippen LogP contribution in [0.15, 0.2) is 36.0 Å². The number of carbonyl (C=O) groups is 5. The number of aliphatic hydroxyl groups excluding tert-OH is 1. The van der Waals surface area contributed by atoms with Gasteiger partial charge < -0.3 is 44.1 Å². The molecule has 3 aliphatic heterocycles. The van der Waals surface area contributed by atoms with Crippen molar-refractivity contribution in [3.8, 4) is 0 Å². The average Bonchev–Trinajstić information content (AvgIpc) is 3.25. The Balaban J connectivity index is 1.78. The molecule has 15 atom stereocenters. The first-order valence-electron chi connectivity index (χ1n) is 22.5. The zero-order valence-corrected chi connectivity index (χ0v) is 38.3. The van der Waals surface area contributed by atoms with E-state index in [1.807, 2.05) is 13.0 Å². The van der Waals surface area contributed by atoms with E-state index in [2.05, 4.69) is 11.9 Å². The van der Waals surface area contributed by atoms with Gasteiger partial charge in [0, 0.05) is 51.9 Å². The van der Waals surface area contributed by atoms with Gasteiger partial charge in [0.2, 0.25) is 11.7 Å². The fraction of sp³-hybridized carbons (Fsp3) is 0.766. The number of hydrogen-bond acceptors (Lipinski definition) is 12. The molecule has 14 nitrogen and oxygen atoms in total. The van der Waals surface area contributed by atoms with Crippen LogP contribution in [0.2, 0.25) is 0 Å². The molecule has 0 radical (unpaired) electrons. The van der Waals surface area contributed by atoms with E-state index in [1.54, 1.807) is 46.8 Å². The molecule has 15 unspecified atom stereocenters. The van der Waals surface area contributed by atoms with Crippen LogP contribution in [0.5, 0.6) is 0 Å². The third kappa shape index (κ3) is 12.3. The number of allylic oxidation sites excluding steroid dienone is 3. The predicted molar refractivity (Wildman–Crippen MR) is 229 cm³/mol. The lowest BCUT2D eigenvalue weighted by molar-refractivity contribution is -0.302. The summed E-state index contributed by atoms with van der Waals surface area (Å²) in [5.74, 6) is -9.42. The number of hydrogen-bond donors (Lipinski definition) is 3. The van der Waals surface area contributed by atoms with Crippen LogP contribution in [0.4, 0.5) is 4.39 Å². The Morgan fingerprint density at radius 2 is 1.71 bits per heavy atom. The Bertz CT molecular complexity index is 1650. The second-order valence-corrected chi connectivity index (χ2v) is 18.2. The van der Waals surface area contributed by atoms with E-state index in [0.717, 1.165) is 4.90 Å². The third-order valence-electron chi connectivity index (χ3n) is 13.7. The number of halogens is 1. The van der Waals surface area contributed by atoms with Gasteiger partial charge in [0.25, 0.3) is 11.7 Å². The normalized spacial score (nSPS) is 38.9. The van der Waals surface area contributed by atoms with Crippen molar-refractivity contribution >= 4 is 29.4 Å². The summed E-state index contributed by atoms with van der Waals surface area (Å²) in [5, 5.41) is 26.8. The maximum atomic E-state index is 16.3. The van der Waals surface area contributed by atoms with E-state index >= 15 is 4.39 Å². The first-order valence-corrected chi connectivity index (χ1v) is 22.5. The van der Waals surface area contributed by atoms with E-state index < -0.39 is 89.9 Å². The van der Waals surface area contributed by atoms with E-state index in [-0.39, 0.29) is 68.6 Å². The van der Waals surface area contributed by atoms with E-state index in [9.17, 15) is 34.2 Å². The highest BCUT2D eigenvalue weighted by atomic mass is 19.1. The number of rotatable bonds is 9. The molecule has 0 spiro atoms. The SMILES string of the molecule is C=CCOC1CC(C=C(C)C2OC(=O)C3CCCCN3C(=O)C(=O)C3(O)OC(C(OC)CC(C)C(F)C(C)=CC(CC)C(=O)CC(O)C2C)C(OC)CC3C)CCC1NC(C)=O. The first kappa shape index (κ1) is 51.3. The number of amides is 2. The molecule has 0 aromatic carbocycles. The summed E-state index contributed by atoms with van der Waals surface area (Å²) >= 11 is 0. The number of methoxy groups -OCH3 is 2. The summed E-state index contributed by atoms with van der Waals surface area (Å²) in [6.07, 6.45) is 1.72. The number of ketones is 2. The maximum absolute atomic E-state index is 16.3. The summed E-state index contributed by atoms with van der Waals surface area (Å²) in [6, 6.07) is -1.40. The lowest BCUT2D eigenvalue weighted by Gasteiger charge is -2.47. The minimum atomic E-state index is -2.62. The number of piperidine rings is 1. The Labute approximate surface area is 367 Å². The van der Waals surface area contributed by atoms with Gasteiger partial charge in [-0.15, -0.1) is 6.58 Å². The Morgan fingerprint density at radius 3 is 2.34 bits per heavy atom. The largest absolute Gasteiger partial charge is 0.456 e. The van der Waals surface area contributed by atoms with Crippen LogP contribution in [0.25, 0.3) is 0 Å². The zero-order chi connectivity index (χ0) is 46.1. The van der Waals surface area contributed by atoms with Crippen molar-refractivity contribution in [2.75, 3.05) is 27.4 Å². The molecule has 0 aromatic rings. The van der Waals surface area contributed by atoms with Gasteiger partial charge in [0.05, 0.1) is 37.1 Å². The molecule has 350 valence electrons. The molecule has 15 heteroatoms. The minimum absolute atomic E-state index is 0.0373. The van der Waals surface area contributed by atoms with Crippen molar-refractivity contribution in [3.05, 3.63) is 36.0 Å². The van der Waals surface area contributed by atoms with Crippen LogP contribution in [0, 0.1) is 29.6 Å². The van der Waals surface area contributed by atoms with Gasteiger partial charge >= 0.3 is 5.97 Å². The molecule has 0 aromatic heterocycles. The molecule has 3 fully saturated rings. The van der Waals surface area contributed by atoms with E-state index in [1.165, 1.54) is 21.1 Å². The van der Waals surface area contributed by atoms with Crippen LogP contribution >= 0.6 is 0 Å². The third-order valence-corrected chi connectivity index (χ3v) is 13.7. The van der Waals surface area contributed by atoms with Gasteiger partial charge in [-0.2, -0.15) is 0 Å². The van der Waals surface area contributed by atoms with Crippen LogP contribution in [-0.4, -0.2) is 133 Å². The zero-order valence-electron chi connectivity index (χ0n) is 38.3. The highest BCUT2D eigenvalue weighted by Crippen LogP contribution is 2.39. The lowest BCUT2D eigenvalue weighted by Crippen LogP contribution is -2.64. The second-order valence-electron chi connectivity index (χ2n) is 18.2. The number of ether oxygens (including phenoxy) is 5. The number of nitrogens with zero attached hydrogens (tertiary/aromatic N) is 1. The second kappa shape index (κ2) is 23.0. The van der Waals surface area contributed by atoms with Gasteiger partial charge in [0.1, 0.15) is 30.2 Å². The van der Waals surface area contributed by atoms with Gasteiger partial charge in [-0.3, -0.25) is 19.2 Å². The maximum Gasteiger partial charge on any atom is 0.329 e. The molecule has 4 rings (SSSR count).